The van der Waals surface area contributed by atoms with Crippen molar-refractivity contribution in [2.24, 2.45) is 0 Å². The third-order valence-electron chi connectivity index (χ3n) is 3.64. The molecule has 22 heavy (non-hydrogen) atoms. The van der Waals surface area contributed by atoms with Crippen molar-refractivity contribution in [1.82, 2.24) is 0 Å². The van der Waals surface area contributed by atoms with E-state index in [0.29, 0.717) is 11.1 Å². The van der Waals surface area contributed by atoms with E-state index in [-0.39, 0.29) is 10.4 Å². The number of hydrogen-bond donors (Lipinski definition) is 0. The first-order valence-corrected chi connectivity index (χ1v) is 7.60. The van der Waals surface area contributed by atoms with Crippen molar-refractivity contribution in [1.29, 1.82) is 0 Å². The molecule has 0 nitrogen and oxygen atoms in total. The van der Waals surface area contributed by atoms with Crippen LogP contribution in [0, 0.1) is 30.6 Å². The van der Waals surface area contributed by atoms with Crippen LogP contribution in [0.15, 0.2) is 42.5 Å². The van der Waals surface area contributed by atoms with Gasteiger partial charge in [-0.05, 0) is 48.7 Å². The summed E-state index contributed by atoms with van der Waals surface area (Å²) in [6.45, 7) is 3.56. The summed E-state index contributed by atoms with van der Waals surface area (Å²) in [5.41, 5.74) is 2.53. The zero-order valence-electron chi connectivity index (χ0n) is 12.1. The van der Waals surface area contributed by atoms with Crippen LogP contribution < -0.4 is 0 Å². The van der Waals surface area contributed by atoms with E-state index in [0.717, 1.165) is 22.5 Å². The van der Waals surface area contributed by atoms with Gasteiger partial charge in [-0.15, -0.1) is 11.3 Å². The van der Waals surface area contributed by atoms with Crippen LogP contribution in [0.1, 0.15) is 11.1 Å². The minimum Gasteiger partial charge on any atom is -0.206 e. The molecule has 3 rings (SSSR count). The average molecular weight is 318 g/mol. The maximum absolute atomic E-state index is 14.6. The smallest absolute Gasteiger partial charge is 0.176 e. The molecule has 0 saturated carbocycles. The molecule has 0 aliphatic carbocycles. The molecular weight excluding hydrogens is 305 g/mol. The highest BCUT2D eigenvalue weighted by Gasteiger charge is 2.19. The number of aryl methyl sites for hydroxylation is 1. The Morgan fingerprint density at radius 2 is 1.55 bits per heavy atom. The third-order valence-corrected chi connectivity index (χ3v) is 4.54. The summed E-state index contributed by atoms with van der Waals surface area (Å²) in [6, 6.07) is 11.4. The molecule has 0 fully saturated rings. The van der Waals surface area contributed by atoms with Gasteiger partial charge in [0.15, 0.2) is 5.13 Å². The Morgan fingerprint density at radius 1 is 0.864 bits per heavy atom. The van der Waals surface area contributed by atoms with Gasteiger partial charge in [-0.3, -0.25) is 0 Å². The fourth-order valence-corrected chi connectivity index (χ4v) is 3.20. The van der Waals surface area contributed by atoms with Crippen molar-refractivity contribution in [3.05, 3.63) is 70.4 Å². The molecule has 0 spiro atoms. The lowest BCUT2D eigenvalue weighted by Gasteiger charge is -2.12. The highest BCUT2D eigenvalue weighted by Crippen LogP contribution is 2.37. The first kappa shape index (κ1) is 14.9. The number of rotatable bonds is 2. The van der Waals surface area contributed by atoms with Crippen LogP contribution in [0.3, 0.4) is 0 Å². The van der Waals surface area contributed by atoms with Crippen molar-refractivity contribution in [2.45, 2.75) is 13.8 Å². The highest BCUT2D eigenvalue weighted by atomic mass is 32.1. The monoisotopic (exact) mass is 318 g/mol. The molecule has 1 heterocycles. The molecule has 0 atom stereocenters. The second-order valence-electron chi connectivity index (χ2n) is 5.19. The van der Waals surface area contributed by atoms with Crippen LogP contribution in [0.5, 0.6) is 0 Å². The minimum atomic E-state index is -0.680. The number of benzene rings is 2. The van der Waals surface area contributed by atoms with Gasteiger partial charge in [-0.25, -0.2) is 8.78 Å². The molecule has 0 N–H and O–H groups in total. The van der Waals surface area contributed by atoms with Gasteiger partial charge in [0.25, 0.3) is 0 Å². The summed E-state index contributed by atoms with van der Waals surface area (Å²) in [4.78, 5) is 0.256. The minimum absolute atomic E-state index is 0.165. The standard InChI is InChI=1S/C18H13F3S/c1-10-3-5-12(6-4-10)13-9-14(19)17(18(21)11(13)2)15-7-8-16(20)22-15/h3-9H,1-2H3. The lowest BCUT2D eigenvalue weighted by Crippen LogP contribution is -1.96. The molecule has 112 valence electrons. The first-order valence-electron chi connectivity index (χ1n) is 6.78. The topological polar surface area (TPSA) is 0 Å². The van der Waals surface area contributed by atoms with E-state index in [4.69, 9.17) is 0 Å². The van der Waals surface area contributed by atoms with Crippen LogP contribution in [0.2, 0.25) is 0 Å². The molecule has 0 unspecified atom stereocenters. The summed E-state index contributed by atoms with van der Waals surface area (Å²) in [6.07, 6.45) is 0. The fourth-order valence-electron chi connectivity index (χ4n) is 2.43. The summed E-state index contributed by atoms with van der Waals surface area (Å²) in [5, 5.41) is -0.464. The van der Waals surface area contributed by atoms with Crippen molar-refractivity contribution in [3.63, 3.8) is 0 Å². The van der Waals surface area contributed by atoms with E-state index in [1.54, 1.807) is 6.92 Å². The predicted octanol–water partition coefficient (Wildman–Crippen LogP) is 6.12. The molecule has 0 saturated heterocycles. The second kappa shape index (κ2) is 5.61. The van der Waals surface area contributed by atoms with Crippen LogP contribution in [-0.4, -0.2) is 0 Å². The predicted molar refractivity (Wildman–Crippen MR) is 84.5 cm³/mol. The normalized spacial score (nSPS) is 11.0. The lowest BCUT2D eigenvalue weighted by molar-refractivity contribution is 0.585. The molecule has 0 radical (unpaired) electrons. The molecule has 0 aliphatic heterocycles. The SMILES string of the molecule is Cc1ccc(-c2cc(F)c(-c3ccc(F)s3)c(F)c2C)cc1. The van der Waals surface area contributed by atoms with Crippen molar-refractivity contribution >= 4 is 11.3 Å². The Labute approximate surface area is 130 Å². The van der Waals surface area contributed by atoms with Gasteiger partial charge in [0.2, 0.25) is 0 Å². The molecule has 0 aliphatic rings. The van der Waals surface area contributed by atoms with E-state index in [1.165, 1.54) is 18.2 Å². The van der Waals surface area contributed by atoms with Crippen LogP contribution in [0.25, 0.3) is 21.6 Å². The van der Waals surface area contributed by atoms with Crippen molar-refractivity contribution in [2.75, 3.05) is 0 Å². The van der Waals surface area contributed by atoms with Gasteiger partial charge in [-0.2, -0.15) is 4.39 Å². The Hall–Kier alpha value is -2.07. The molecule has 0 amide bonds. The molecule has 2 aromatic carbocycles. The quantitative estimate of drug-likeness (QED) is 0.534. The lowest BCUT2D eigenvalue weighted by atomic mass is 9.96. The van der Waals surface area contributed by atoms with Crippen LogP contribution >= 0.6 is 11.3 Å². The van der Waals surface area contributed by atoms with Crippen molar-refractivity contribution < 1.29 is 13.2 Å². The Kier molecular flexibility index (Phi) is 3.79. The van der Waals surface area contributed by atoms with E-state index in [9.17, 15) is 13.2 Å². The number of halogens is 3. The van der Waals surface area contributed by atoms with E-state index < -0.39 is 16.8 Å². The van der Waals surface area contributed by atoms with Gasteiger partial charge in [0.05, 0.1) is 5.56 Å². The molecule has 4 heteroatoms. The molecule has 1 aromatic heterocycles. The first-order chi connectivity index (χ1) is 10.5. The number of hydrogen-bond acceptors (Lipinski definition) is 1. The Bertz CT molecular complexity index is 832. The summed E-state index contributed by atoms with van der Waals surface area (Å²) < 4.78 is 42.2. The van der Waals surface area contributed by atoms with Gasteiger partial charge in [0, 0.05) is 4.88 Å². The van der Waals surface area contributed by atoms with Crippen LogP contribution in [0.4, 0.5) is 13.2 Å². The largest absolute Gasteiger partial charge is 0.206 e. The van der Waals surface area contributed by atoms with E-state index in [1.807, 2.05) is 31.2 Å². The highest BCUT2D eigenvalue weighted by molar-refractivity contribution is 7.13. The fraction of sp³-hybridized carbons (Fsp3) is 0.111. The Morgan fingerprint density at radius 3 is 2.14 bits per heavy atom. The summed E-state index contributed by atoms with van der Waals surface area (Å²) in [7, 11) is 0. The van der Waals surface area contributed by atoms with Gasteiger partial charge >= 0.3 is 0 Å². The molecule has 3 aromatic rings. The average Bonchev–Trinajstić information content (AvgIpc) is 2.90. The summed E-state index contributed by atoms with van der Waals surface area (Å²) >= 11 is 0.735. The third kappa shape index (κ3) is 2.55. The zero-order chi connectivity index (χ0) is 15.9. The van der Waals surface area contributed by atoms with Crippen molar-refractivity contribution in [3.8, 4) is 21.6 Å². The van der Waals surface area contributed by atoms with E-state index in [2.05, 4.69) is 0 Å². The zero-order valence-corrected chi connectivity index (χ0v) is 12.9. The van der Waals surface area contributed by atoms with E-state index >= 15 is 0 Å². The van der Waals surface area contributed by atoms with Gasteiger partial charge in [-0.1, -0.05) is 29.8 Å². The number of thiophene rings is 1. The maximum atomic E-state index is 14.6. The van der Waals surface area contributed by atoms with Gasteiger partial charge in [0.1, 0.15) is 11.6 Å². The molecule has 0 bridgehead atoms. The second-order valence-corrected chi connectivity index (χ2v) is 6.22. The maximum Gasteiger partial charge on any atom is 0.176 e. The Balaban J connectivity index is 2.18. The van der Waals surface area contributed by atoms with Gasteiger partial charge < -0.3 is 0 Å². The molecular formula is C18H13F3S. The summed E-state index contributed by atoms with van der Waals surface area (Å²) in [5.74, 6) is -1.32. The van der Waals surface area contributed by atoms with Crippen LogP contribution in [-0.2, 0) is 0 Å².